The van der Waals surface area contributed by atoms with Gasteiger partial charge in [-0.2, -0.15) is 21.6 Å². The van der Waals surface area contributed by atoms with Crippen LogP contribution in [0.15, 0.2) is 124 Å². The van der Waals surface area contributed by atoms with Crippen LogP contribution in [0.2, 0.25) is 0 Å². The van der Waals surface area contributed by atoms with Gasteiger partial charge < -0.3 is 4.18 Å². The summed E-state index contributed by atoms with van der Waals surface area (Å²) in [6, 6.07) is 30.5. The van der Waals surface area contributed by atoms with Crippen LogP contribution in [0.1, 0.15) is 31.9 Å². The van der Waals surface area contributed by atoms with Gasteiger partial charge in [-0.25, -0.2) is 0 Å². The van der Waals surface area contributed by atoms with Crippen molar-refractivity contribution in [2.24, 2.45) is 0 Å². The Morgan fingerprint density at radius 2 is 1.05 bits per heavy atom. The van der Waals surface area contributed by atoms with Crippen molar-refractivity contribution >= 4 is 21.9 Å². The third-order valence-electron chi connectivity index (χ3n) is 5.12. The first-order valence-corrected chi connectivity index (χ1v) is 13.6. The van der Waals surface area contributed by atoms with Gasteiger partial charge in [-0.15, -0.1) is 0 Å². The zero-order valence-corrected chi connectivity index (χ0v) is 22.2. The summed E-state index contributed by atoms with van der Waals surface area (Å²) in [5, 5.41) is 0. The molecule has 4 aromatic carbocycles. The van der Waals surface area contributed by atoms with Crippen molar-refractivity contribution < 1.29 is 25.8 Å². The summed E-state index contributed by atoms with van der Waals surface area (Å²) in [6.07, 6.45) is -4.52. The molecule has 0 fully saturated rings. The molecule has 0 saturated heterocycles. The molecule has 0 atom stereocenters. The Morgan fingerprint density at radius 1 is 0.622 bits per heavy atom. The lowest BCUT2D eigenvalue weighted by Gasteiger charge is -2.19. The van der Waals surface area contributed by atoms with Crippen LogP contribution in [0.5, 0.6) is 5.75 Å². The molecule has 37 heavy (non-hydrogen) atoms. The minimum absolute atomic E-state index is 0.0924. The predicted octanol–water partition coefficient (Wildman–Crippen LogP) is 8.61. The highest BCUT2D eigenvalue weighted by atomic mass is 32.2. The molecule has 0 N–H and O–H groups in total. The maximum Gasteiger partial charge on any atom is 0.416 e. The third kappa shape index (κ3) is 8.68. The molecule has 0 aliphatic carbocycles. The molecule has 3 nitrogen and oxygen atoms in total. The number of rotatable bonds is 5. The highest BCUT2D eigenvalue weighted by Crippen LogP contribution is 2.31. The lowest BCUT2D eigenvalue weighted by molar-refractivity contribution is -0.137. The minimum Gasteiger partial charge on any atom is -0.379 e. The Hall–Kier alpha value is -3.23. The van der Waals surface area contributed by atoms with Crippen molar-refractivity contribution in [2.75, 3.05) is 0 Å². The summed E-state index contributed by atoms with van der Waals surface area (Å²) in [5.74, 6) is 0.0999. The number of alkyl halides is 3. The first-order valence-electron chi connectivity index (χ1n) is 11.3. The van der Waals surface area contributed by atoms with E-state index in [1.54, 1.807) is 23.9 Å². The van der Waals surface area contributed by atoms with Gasteiger partial charge in [0.2, 0.25) is 0 Å². The average molecular weight is 545 g/mol. The third-order valence-corrected chi connectivity index (χ3v) is 7.40. The highest BCUT2D eigenvalue weighted by molar-refractivity contribution is 7.99. The summed E-state index contributed by atoms with van der Waals surface area (Å²) in [5.41, 5.74) is -0.0112. The van der Waals surface area contributed by atoms with Crippen LogP contribution in [0.4, 0.5) is 13.2 Å². The largest absolute Gasteiger partial charge is 0.416 e. The quantitative estimate of drug-likeness (QED) is 0.236. The normalized spacial score (nSPS) is 11.8. The first-order chi connectivity index (χ1) is 17.3. The molecule has 4 rings (SSSR count). The molecule has 0 amide bonds. The Bertz CT molecular complexity index is 1330. The van der Waals surface area contributed by atoms with E-state index in [-0.39, 0.29) is 16.1 Å². The molecule has 0 aliphatic rings. The fourth-order valence-corrected chi connectivity index (χ4v) is 4.90. The van der Waals surface area contributed by atoms with Crippen molar-refractivity contribution in [2.45, 2.75) is 47.0 Å². The van der Waals surface area contributed by atoms with Crippen LogP contribution in [-0.2, 0) is 21.7 Å². The monoisotopic (exact) mass is 544 g/mol. The molecule has 0 heterocycles. The summed E-state index contributed by atoms with van der Waals surface area (Å²) >= 11 is 1.79. The molecule has 194 valence electrons. The molecular weight excluding hydrogens is 517 g/mol. The van der Waals surface area contributed by atoms with E-state index in [4.69, 9.17) is 4.18 Å². The fourth-order valence-electron chi connectivity index (χ4n) is 3.11. The highest BCUT2D eigenvalue weighted by Gasteiger charge is 2.31. The van der Waals surface area contributed by atoms with Gasteiger partial charge in [-0.3, -0.25) is 0 Å². The van der Waals surface area contributed by atoms with Gasteiger partial charge in [0.15, 0.2) is 0 Å². The second-order valence-electron chi connectivity index (χ2n) is 9.06. The van der Waals surface area contributed by atoms with Crippen molar-refractivity contribution in [1.82, 2.24) is 0 Å². The van der Waals surface area contributed by atoms with Crippen LogP contribution in [0.25, 0.3) is 0 Å². The minimum atomic E-state index is -4.52. The lowest BCUT2D eigenvalue weighted by Crippen LogP contribution is -2.12. The van der Waals surface area contributed by atoms with Crippen LogP contribution >= 0.6 is 11.8 Å². The van der Waals surface area contributed by atoms with E-state index in [2.05, 4.69) is 48.5 Å². The topological polar surface area (TPSA) is 43.4 Å². The molecule has 0 saturated carbocycles. The Kier molecular flexibility index (Phi) is 9.10. The van der Waals surface area contributed by atoms with Crippen LogP contribution in [0, 0.1) is 0 Å². The SMILES string of the molecule is CC(C)(C)c1ccc(OS(=O)(=O)c2ccc(C(F)(F)F)cc2)cc1.c1ccc(Sc2ccccc2)cc1. The molecule has 0 aromatic heterocycles. The summed E-state index contributed by atoms with van der Waals surface area (Å²) in [7, 11) is -4.19. The molecule has 4 aromatic rings. The molecule has 8 heteroatoms. The predicted molar refractivity (Wildman–Crippen MR) is 141 cm³/mol. The zero-order chi connectivity index (χ0) is 27.1. The lowest BCUT2D eigenvalue weighted by atomic mass is 9.87. The van der Waals surface area contributed by atoms with E-state index >= 15 is 0 Å². The summed E-state index contributed by atoms with van der Waals surface area (Å²) in [6.45, 7) is 6.05. The zero-order valence-electron chi connectivity index (χ0n) is 20.6. The van der Waals surface area contributed by atoms with Gasteiger partial charge in [0, 0.05) is 9.79 Å². The molecule has 0 aliphatic heterocycles. The maximum atomic E-state index is 12.5. The molecule has 0 bridgehead atoms. The van der Waals surface area contributed by atoms with Gasteiger partial charge in [-0.1, -0.05) is 81.1 Å². The maximum absolute atomic E-state index is 12.5. The van der Waals surface area contributed by atoms with Gasteiger partial charge >= 0.3 is 16.3 Å². The molecular formula is C29H27F3O3S2. The number of hydrogen-bond acceptors (Lipinski definition) is 4. The van der Waals surface area contributed by atoms with Crippen molar-refractivity contribution in [3.8, 4) is 5.75 Å². The average Bonchev–Trinajstić information content (AvgIpc) is 2.85. The van der Waals surface area contributed by atoms with E-state index in [0.717, 1.165) is 17.7 Å². The van der Waals surface area contributed by atoms with Crippen LogP contribution < -0.4 is 4.18 Å². The number of benzene rings is 4. The van der Waals surface area contributed by atoms with E-state index in [9.17, 15) is 21.6 Å². The fraction of sp³-hybridized carbons (Fsp3) is 0.172. The Morgan fingerprint density at radius 3 is 1.46 bits per heavy atom. The summed E-state index contributed by atoms with van der Waals surface area (Å²) in [4.78, 5) is 2.23. The van der Waals surface area contributed by atoms with Crippen molar-refractivity contribution in [3.05, 3.63) is 120 Å². The van der Waals surface area contributed by atoms with Gasteiger partial charge in [-0.05, 0) is 71.6 Å². The van der Waals surface area contributed by atoms with Crippen molar-refractivity contribution in [3.63, 3.8) is 0 Å². The second-order valence-corrected chi connectivity index (χ2v) is 11.8. The van der Waals surface area contributed by atoms with Crippen LogP contribution in [-0.4, -0.2) is 8.42 Å². The van der Waals surface area contributed by atoms with Gasteiger partial charge in [0.25, 0.3) is 0 Å². The summed E-state index contributed by atoms with van der Waals surface area (Å²) < 4.78 is 66.8. The standard InChI is InChI=1S/C17H17F3O3S.C12H10S/c1-16(2,3)12-4-8-14(9-5-12)23-24(21,22)15-10-6-13(7-11-15)17(18,19)20;1-3-7-11(8-4-1)13-12-9-5-2-6-10-12/h4-11H,1-3H3;1-10H. The van der Waals surface area contributed by atoms with Gasteiger partial charge in [0.1, 0.15) is 10.6 Å². The van der Waals surface area contributed by atoms with Gasteiger partial charge in [0.05, 0.1) is 5.56 Å². The number of hydrogen-bond donors (Lipinski definition) is 0. The Balaban J connectivity index is 0.000000244. The van der Waals surface area contributed by atoms with Crippen molar-refractivity contribution in [1.29, 1.82) is 0 Å². The smallest absolute Gasteiger partial charge is 0.379 e. The molecule has 0 radical (unpaired) electrons. The van der Waals surface area contributed by atoms with E-state index in [1.165, 1.54) is 21.9 Å². The Labute approximate surface area is 220 Å². The number of halogens is 3. The van der Waals surface area contributed by atoms with E-state index in [0.29, 0.717) is 12.1 Å². The first kappa shape index (κ1) is 28.3. The van der Waals surface area contributed by atoms with E-state index in [1.807, 2.05) is 32.9 Å². The molecule has 0 spiro atoms. The van der Waals surface area contributed by atoms with Crippen LogP contribution in [0.3, 0.4) is 0 Å². The molecule has 0 unspecified atom stereocenters. The van der Waals surface area contributed by atoms with E-state index < -0.39 is 21.9 Å². The second kappa shape index (κ2) is 11.9.